The molecule has 1 aliphatic rings. The van der Waals surface area contributed by atoms with Gasteiger partial charge < -0.3 is 10.2 Å². The van der Waals surface area contributed by atoms with Gasteiger partial charge in [-0.3, -0.25) is 9.59 Å². The lowest BCUT2D eigenvalue weighted by Crippen LogP contribution is -2.40. The maximum absolute atomic E-state index is 12.1. The van der Waals surface area contributed by atoms with Crippen LogP contribution < -0.4 is 10.2 Å². The second kappa shape index (κ2) is 8.18. The fourth-order valence-corrected chi connectivity index (χ4v) is 3.16. The molecule has 0 aromatic heterocycles. The van der Waals surface area contributed by atoms with Crippen molar-refractivity contribution in [1.29, 1.82) is 0 Å². The molecule has 0 saturated heterocycles. The fraction of sp³-hybridized carbons (Fsp3) is 0.529. The first kappa shape index (κ1) is 16.8. The summed E-state index contributed by atoms with van der Waals surface area (Å²) in [5.74, 6) is 0.169. The van der Waals surface area contributed by atoms with Crippen LogP contribution in [0.5, 0.6) is 0 Å². The second-order valence-electron chi connectivity index (χ2n) is 5.75. The zero-order valence-corrected chi connectivity index (χ0v) is 13.7. The number of hydrogen-bond acceptors (Lipinski definition) is 2. The first-order valence-electron chi connectivity index (χ1n) is 7.90. The Morgan fingerprint density at radius 2 is 1.91 bits per heavy atom. The van der Waals surface area contributed by atoms with Gasteiger partial charge in [0.1, 0.15) is 0 Å². The number of nitrogens with one attached hydrogen (secondary N) is 1. The van der Waals surface area contributed by atoms with E-state index in [9.17, 15) is 9.59 Å². The predicted molar refractivity (Wildman–Crippen MR) is 89.1 cm³/mol. The summed E-state index contributed by atoms with van der Waals surface area (Å²) in [6, 6.07) is 7.24. The molecule has 0 unspecified atom stereocenters. The molecule has 1 N–H and O–H groups in total. The van der Waals surface area contributed by atoms with Crippen molar-refractivity contribution in [3.8, 4) is 0 Å². The summed E-state index contributed by atoms with van der Waals surface area (Å²) in [6.45, 7) is 2.38. The Labute approximate surface area is 136 Å². The average molecular weight is 323 g/mol. The van der Waals surface area contributed by atoms with Crippen LogP contribution in [-0.4, -0.2) is 24.9 Å². The van der Waals surface area contributed by atoms with Crippen molar-refractivity contribution in [2.75, 3.05) is 18.0 Å². The Morgan fingerprint density at radius 3 is 2.55 bits per heavy atom. The number of para-hydroxylation sites is 1. The van der Waals surface area contributed by atoms with E-state index < -0.39 is 0 Å². The average Bonchev–Trinajstić information content (AvgIpc) is 2.53. The third kappa shape index (κ3) is 4.47. The molecule has 0 spiro atoms. The van der Waals surface area contributed by atoms with E-state index in [0.717, 1.165) is 25.7 Å². The van der Waals surface area contributed by atoms with E-state index in [1.807, 2.05) is 18.2 Å². The van der Waals surface area contributed by atoms with Gasteiger partial charge in [-0.25, -0.2) is 0 Å². The maximum atomic E-state index is 12.1. The van der Waals surface area contributed by atoms with Gasteiger partial charge >= 0.3 is 0 Å². The van der Waals surface area contributed by atoms with Crippen molar-refractivity contribution in [3.63, 3.8) is 0 Å². The third-order valence-electron chi connectivity index (χ3n) is 4.13. The highest BCUT2D eigenvalue weighted by Crippen LogP contribution is 2.25. The molecule has 1 aromatic carbocycles. The number of hydrogen-bond donors (Lipinski definition) is 1. The van der Waals surface area contributed by atoms with E-state index in [2.05, 4.69) is 5.32 Å². The van der Waals surface area contributed by atoms with Gasteiger partial charge in [-0.15, -0.1) is 0 Å². The van der Waals surface area contributed by atoms with Crippen molar-refractivity contribution in [1.82, 2.24) is 5.32 Å². The van der Waals surface area contributed by atoms with Crippen molar-refractivity contribution < 1.29 is 9.59 Å². The number of nitrogens with zero attached hydrogens (tertiary/aromatic N) is 1. The zero-order chi connectivity index (χ0) is 15.9. The lowest BCUT2D eigenvalue weighted by molar-refractivity contribution is -0.126. The molecule has 1 aliphatic carbocycles. The molecule has 2 rings (SSSR count). The molecule has 4 nitrogen and oxygen atoms in total. The number of halogens is 1. The quantitative estimate of drug-likeness (QED) is 0.903. The van der Waals surface area contributed by atoms with Gasteiger partial charge in [-0.05, 0) is 25.0 Å². The highest BCUT2D eigenvalue weighted by molar-refractivity contribution is 6.33. The van der Waals surface area contributed by atoms with Crippen LogP contribution in [0, 0.1) is 5.92 Å². The molecular formula is C17H23ClN2O2. The van der Waals surface area contributed by atoms with Crippen LogP contribution in [0.3, 0.4) is 0 Å². The Kier molecular flexibility index (Phi) is 6.25. The molecular weight excluding hydrogens is 300 g/mol. The number of carbonyl (C=O) groups excluding carboxylic acids is 2. The number of rotatable bonds is 5. The molecule has 1 aromatic rings. The number of benzene rings is 1. The van der Waals surface area contributed by atoms with E-state index in [1.165, 1.54) is 13.3 Å². The van der Waals surface area contributed by atoms with Crippen LogP contribution in [0.25, 0.3) is 0 Å². The number of amides is 2. The van der Waals surface area contributed by atoms with Crippen LogP contribution in [-0.2, 0) is 9.59 Å². The molecule has 120 valence electrons. The summed E-state index contributed by atoms with van der Waals surface area (Å²) >= 11 is 6.15. The molecule has 0 radical (unpaired) electrons. The number of carbonyl (C=O) groups is 2. The van der Waals surface area contributed by atoms with Crippen LogP contribution >= 0.6 is 11.6 Å². The van der Waals surface area contributed by atoms with Gasteiger partial charge in [0.05, 0.1) is 10.7 Å². The summed E-state index contributed by atoms with van der Waals surface area (Å²) in [4.78, 5) is 25.5. The van der Waals surface area contributed by atoms with Crippen molar-refractivity contribution in [2.24, 2.45) is 5.92 Å². The summed E-state index contributed by atoms with van der Waals surface area (Å²) in [6.07, 6.45) is 5.46. The van der Waals surface area contributed by atoms with E-state index in [4.69, 9.17) is 11.6 Å². The largest absolute Gasteiger partial charge is 0.354 e. The Morgan fingerprint density at radius 1 is 1.23 bits per heavy atom. The standard InChI is InChI=1S/C17H23ClN2O2/c1-13(21)20(16-10-6-5-9-15(16)18)12-11-19-17(22)14-7-3-2-4-8-14/h5-6,9-10,14H,2-4,7-8,11-12H2,1H3,(H,19,22). The monoisotopic (exact) mass is 322 g/mol. The molecule has 0 atom stereocenters. The minimum atomic E-state index is -0.0833. The van der Waals surface area contributed by atoms with Crippen LogP contribution in [0.1, 0.15) is 39.0 Å². The summed E-state index contributed by atoms with van der Waals surface area (Å²) in [5.41, 5.74) is 0.684. The van der Waals surface area contributed by atoms with Gasteiger partial charge in [0.15, 0.2) is 0 Å². The molecule has 0 heterocycles. The van der Waals surface area contributed by atoms with E-state index in [1.54, 1.807) is 11.0 Å². The maximum Gasteiger partial charge on any atom is 0.223 e. The predicted octanol–water partition coefficient (Wildman–Crippen LogP) is 3.39. The molecule has 1 fully saturated rings. The summed E-state index contributed by atoms with van der Waals surface area (Å²) in [5, 5.41) is 3.49. The summed E-state index contributed by atoms with van der Waals surface area (Å²) in [7, 11) is 0. The minimum absolute atomic E-state index is 0.0833. The molecule has 5 heteroatoms. The van der Waals surface area contributed by atoms with E-state index in [0.29, 0.717) is 23.8 Å². The van der Waals surface area contributed by atoms with E-state index >= 15 is 0 Å². The van der Waals surface area contributed by atoms with Gasteiger partial charge in [0.2, 0.25) is 11.8 Å². The topological polar surface area (TPSA) is 49.4 Å². The Hall–Kier alpha value is -1.55. The van der Waals surface area contributed by atoms with Gasteiger partial charge in [-0.2, -0.15) is 0 Å². The fourth-order valence-electron chi connectivity index (χ4n) is 2.92. The minimum Gasteiger partial charge on any atom is -0.354 e. The lowest BCUT2D eigenvalue weighted by atomic mass is 9.89. The van der Waals surface area contributed by atoms with Gasteiger partial charge in [0.25, 0.3) is 0 Å². The third-order valence-corrected chi connectivity index (χ3v) is 4.45. The Balaban J connectivity index is 1.88. The molecule has 22 heavy (non-hydrogen) atoms. The van der Waals surface area contributed by atoms with Crippen LogP contribution in [0.2, 0.25) is 5.02 Å². The highest BCUT2D eigenvalue weighted by Gasteiger charge is 2.21. The molecule has 1 saturated carbocycles. The molecule has 2 amide bonds. The van der Waals surface area contributed by atoms with Crippen LogP contribution in [0.15, 0.2) is 24.3 Å². The second-order valence-corrected chi connectivity index (χ2v) is 6.16. The zero-order valence-electron chi connectivity index (χ0n) is 13.0. The molecule has 0 bridgehead atoms. The first-order chi connectivity index (χ1) is 10.6. The van der Waals surface area contributed by atoms with Crippen LogP contribution in [0.4, 0.5) is 5.69 Å². The first-order valence-corrected chi connectivity index (χ1v) is 8.27. The lowest BCUT2D eigenvalue weighted by Gasteiger charge is -2.24. The van der Waals surface area contributed by atoms with Crippen molar-refractivity contribution in [3.05, 3.63) is 29.3 Å². The smallest absolute Gasteiger partial charge is 0.223 e. The van der Waals surface area contributed by atoms with E-state index in [-0.39, 0.29) is 17.7 Å². The van der Waals surface area contributed by atoms with Gasteiger partial charge in [-0.1, -0.05) is 43.0 Å². The van der Waals surface area contributed by atoms with Crippen molar-refractivity contribution >= 4 is 29.1 Å². The summed E-state index contributed by atoms with van der Waals surface area (Å²) < 4.78 is 0. The SMILES string of the molecule is CC(=O)N(CCNC(=O)C1CCCCC1)c1ccccc1Cl. The number of anilines is 1. The normalized spacial score (nSPS) is 15.4. The molecule has 0 aliphatic heterocycles. The Bertz CT molecular complexity index is 527. The van der Waals surface area contributed by atoms with Gasteiger partial charge in [0, 0.05) is 25.9 Å². The van der Waals surface area contributed by atoms with Crippen molar-refractivity contribution in [2.45, 2.75) is 39.0 Å². The highest BCUT2D eigenvalue weighted by atomic mass is 35.5.